The summed E-state index contributed by atoms with van der Waals surface area (Å²) in [6.07, 6.45) is -0.581. The van der Waals surface area contributed by atoms with Crippen LogP contribution >= 0.6 is 0 Å². The predicted molar refractivity (Wildman–Crippen MR) is 157 cm³/mol. The maximum absolute atomic E-state index is 13.7. The summed E-state index contributed by atoms with van der Waals surface area (Å²) in [7, 11) is 1.59. The molecule has 0 spiro atoms. The first-order chi connectivity index (χ1) is 20.2. The van der Waals surface area contributed by atoms with Crippen molar-refractivity contribution < 1.29 is 27.5 Å². The minimum Gasteiger partial charge on any atom is -0.385 e. The normalized spacial score (nSPS) is 11.5. The molecule has 0 saturated carbocycles. The van der Waals surface area contributed by atoms with Gasteiger partial charge >= 0.3 is 6.18 Å². The summed E-state index contributed by atoms with van der Waals surface area (Å²) >= 11 is 0. The number of alkyl halides is 3. The molecule has 6 nitrogen and oxygen atoms in total. The number of amides is 2. The first-order valence-electron chi connectivity index (χ1n) is 14.0. The lowest BCUT2D eigenvalue weighted by Gasteiger charge is -2.28. The lowest BCUT2D eigenvalue weighted by atomic mass is 10.1. The summed E-state index contributed by atoms with van der Waals surface area (Å²) < 4.78 is 44.5. The average molecular weight is 580 g/mol. The quantitative estimate of drug-likeness (QED) is 0.180. The number of hydrogen-bond acceptors (Lipinski definition) is 3. The Morgan fingerprint density at radius 3 is 2.24 bits per heavy atom. The third kappa shape index (κ3) is 8.69. The Morgan fingerprint density at radius 1 is 0.810 bits per heavy atom. The molecular weight excluding hydrogens is 543 g/mol. The van der Waals surface area contributed by atoms with Crippen LogP contribution in [-0.4, -0.2) is 59.9 Å². The highest BCUT2D eigenvalue weighted by Gasteiger charge is 2.30. The van der Waals surface area contributed by atoms with Gasteiger partial charge in [0.1, 0.15) is 0 Å². The van der Waals surface area contributed by atoms with Gasteiger partial charge in [-0.25, -0.2) is 0 Å². The number of H-pyrrole nitrogens is 1. The number of methoxy groups -OCH3 is 1. The number of aryl methyl sites for hydroxylation is 1. The maximum atomic E-state index is 13.7. The second-order valence-corrected chi connectivity index (χ2v) is 10.3. The number of benzene rings is 3. The van der Waals surface area contributed by atoms with Crippen molar-refractivity contribution in [3.63, 3.8) is 0 Å². The van der Waals surface area contributed by atoms with E-state index in [4.69, 9.17) is 4.74 Å². The van der Waals surface area contributed by atoms with Crippen molar-refractivity contribution in [1.82, 2.24) is 14.8 Å². The molecule has 0 fully saturated rings. The van der Waals surface area contributed by atoms with Crippen LogP contribution in [0.25, 0.3) is 10.9 Å². The molecule has 42 heavy (non-hydrogen) atoms. The molecule has 0 atom stereocenters. The van der Waals surface area contributed by atoms with Gasteiger partial charge in [0.15, 0.2) is 0 Å². The molecule has 222 valence electrons. The molecule has 1 heterocycles. The second-order valence-electron chi connectivity index (χ2n) is 10.3. The Morgan fingerprint density at radius 2 is 1.52 bits per heavy atom. The Balaban J connectivity index is 1.50. The van der Waals surface area contributed by atoms with Crippen molar-refractivity contribution in [3.8, 4) is 0 Å². The SMILES string of the molecule is COCCCN(CC(=O)N(CCc1c[nH]c2ccccc12)Cc1ccc(C(F)(F)F)cc1)C(=O)CCc1ccccc1. The topological polar surface area (TPSA) is 65.6 Å². The smallest absolute Gasteiger partial charge is 0.385 e. The van der Waals surface area contributed by atoms with E-state index in [9.17, 15) is 22.8 Å². The van der Waals surface area contributed by atoms with E-state index in [1.54, 1.807) is 16.9 Å². The molecule has 0 aliphatic heterocycles. The van der Waals surface area contributed by atoms with Gasteiger partial charge < -0.3 is 19.5 Å². The third-order valence-corrected chi connectivity index (χ3v) is 7.26. The van der Waals surface area contributed by atoms with Gasteiger partial charge in [-0.1, -0.05) is 60.7 Å². The van der Waals surface area contributed by atoms with Crippen LogP contribution < -0.4 is 0 Å². The molecule has 0 aliphatic carbocycles. The van der Waals surface area contributed by atoms with Crippen molar-refractivity contribution >= 4 is 22.7 Å². The molecule has 4 aromatic rings. The molecule has 1 N–H and O–H groups in total. The van der Waals surface area contributed by atoms with Crippen molar-refractivity contribution in [1.29, 1.82) is 0 Å². The van der Waals surface area contributed by atoms with E-state index >= 15 is 0 Å². The third-order valence-electron chi connectivity index (χ3n) is 7.26. The molecule has 4 rings (SSSR count). The highest BCUT2D eigenvalue weighted by molar-refractivity contribution is 5.85. The van der Waals surface area contributed by atoms with Crippen LogP contribution in [0.3, 0.4) is 0 Å². The predicted octanol–water partition coefficient (Wildman–Crippen LogP) is 6.26. The largest absolute Gasteiger partial charge is 0.416 e. The standard InChI is InChI=1S/C33H36F3N3O3/c1-42-21-7-19-38(31(40)17-14-25-8-3-2-4-9-25)24-32(41)39(23-26-12-15-28(16-13-26)33(34,35)36)20-18-27-22-37-30-11-6-5-10-29(27)30/h2-6,8-13,15-16,22,37H,7,14,17-21,23-24H2,1H3. The van der Waals surface area contributed by atoms with Crippen LogP contribution in [0.4, 0.5) is 13.2 Å². The molecule has 0 aliphatic rings. The van der Waals surface area contributed by atoms with Gasteiger partial charge in [0.05, 0.1) is 12.1 Å². The maximum Gasteiger partial charge on any atom is 0.416 e. The fourth-order valence-corrected chi connectivity index (χ4v) is 4.91. The van der Waals surface area contributed by atoms with Crippen LogP contribution in [0, 0.1) is 0 Å². The number of fused-ring (bicyclic) bond motifs is 1. The Kier molecular flexibility index (Phi) is 10.8. The monoisotopic (exact) mass is 579 g/mol. The van der Waals surface area contributed by atoms with Crippen molar-refractivity contribution in [3.05, 3.63) is 107 Å². The van der Waals surface area contributed by atoms with Gasteiger partial charge in [-0.3, -0.25) is 9.59 Å². The molecule has 2 amide bonds. The van der Waals surface area contributed by atoms with Gasteiger partial charge in [-0.2, -0.15) is 13.2 Å². The Bertz CT molecular complexity index is 1440. The molecule has 0 unspecified atom stereocenters. The van der Waals surface area contributed by atoms with E-state index < -0.39 is 11.7 Å². The first-order valence-corrected chi connectivity index (χ1v) is 14.0. The molecular formula is C33H36F3N3O3. The number of ether oxygens (including phenoxy) is 1. The van der Waals surface area contributed by atoms with Gasteiger partial charge in [-0.05, 0) is 54.2 Å². The van der Waals surface area contributed by atoms with E-state index in [-0.39, 0.29) is 31.3 Å². The summed E-state index contributed by atoms with van der Waals surface area (Å²) in [5.41, 5.74) is 2.90. The summed E-state index contributed by atoms with van der Waals surface area (Å²) in [5.74, 6) is -0.394. The number of aromatic nitrogens is 1. The zero-order valence-electron chi connectivity index (χ0n) is 23.7. The highest BCUT2D eigenvalue weighted by Crippen LogP contribution is 2.29. The van der Waals surface area contributed by atoms with Crippen LogP contribution in [0.2, 0.25) is 0 Å². The number of halogens is 3. The van der Waals surface area contributed by atoms with Crippen LogP contribution in [0.15, 0.2) is 85.1 Å². The van der Waals surface area contributed by atoms with E-state index in [0.29, 0.717) is 44.5 Å². The molecule has 0 bridgehead atoms. The van der Waals surface area contributed by atoms with Crippen molar-refractivity contribution in [2.45, 2.75) is 38.4 Å². The number of carbonyl (C=O) groups is 2. The zero-order chi connectivity index (χ0) is 30.0. The molecule has 1 aromatic heterocycles. The number of carbonyl (C=O) groups excluding carboxylic acids is 2. The number of nitrogens with zero attached hydrogens (tertiary/aromatic N) is 2. The van der Waals surface area contributed by atoms with Gasteiger partial charge in [0, 0.05) is 56.9 Å². The number of aromatic amines is 1. The number of para-hydroxylation sites is 1. The van der Waals surface area contributed by atoms with E-state index in [2.05, 4.69) is 4.98 Å². The summed E-state index contributed by atoms with van der Waals surface area (Å²) in [6.45, 7) is 1.16. The number of rotatable bonds is 14. The average Bonchev–Trinajstić information content (AvgIpc) is 3.41. The highest BCUT2D eigenvalue weighted by atomic mass is 19.4. The van der Waals surface area contributed by atoms with Crippen molar-refractivity contribution in [2.75, 3.05) is 33.4 Å². The minimum absolute atomic E-state index is 0.119. The molecule has 9 heteroatoms. The lowest BCUT2D eigenvalue weighted by Crippen LogP contribution is -2.44. The second kappa shape index (κ2) is 14.7. The van der Waals surface area contributed by atoms with Gasteiger partial charge in [0.2, 0.25) is 11.8 Å². The van der Waals surface area contributed by atoms with Crippen LogP contribution in [0.1, 0.15) is 35.1 Å². The van der Waals surface area contributed by atoms with E-state index in [1.165, 1.54) is 12.1 Å². The summed E-state index contributed by atoms with van der Waals surface area (Å²) in [4.78, 5) is 33.4. The van der Waals surface area contributed by atoms with Crippen LogP contribution in [0.5, 0.6) is 0 Å². The minimum atomic E-state index is -4.44. The number of nitrogens with one attached hydrogen (secondary N) is 1. The number of hydrogen-bond donors (Lipinski definition) is 1. The Labute approximate surface area is 244 Å². The van der Waals surface area contributed by atoms with Gasteiger partial charge in [0.25, 0.3) is 0 Å². The van der Waals surface area contributed by atoms with Crippen molar-refractivity contribution in [2.24, 2.45) is 0 Å². The Hall–Kier alpha value is -4.11. The molecule has 0 radical (unpaired) electrons. The summed E-state index contributed by atoms with van der Waals surface area (Å²) in [5, 5.41) is 1.05. The molecule has 3 aromatic carbocycles. The van der Waals surface area contributed by atoms with Crippen LogP contribution in [-0.2, 0) is 39.9 Å². The van der Waals surface area contributed by atoms with E-state index in [1.807, 2.05) is 60.8 Å². The van der Waals surface area contributed by atoms with E-state index in [0.717, 1.165) is 34.2 Å². The zero-order valence-corrected chi connectivity index (χ0v) is 23.7. The molecule has 0 saturated heterocycles. The van der Waals surface area contributed by atoms with Gasteiger partial charge in [-0.15, -0.1) is 0 Å². The fraction of sp³-hybridized carbons (Fsp3) is 0.333. The fourth-order valence-electron chi connectivity index (χ4n) is 4.91. The lowest BCUT2D eigenvalue weighted by molar-refractivity contribution is -0.141. The first kappa shape index (κ1) is 30.8. The summed E-state index contributed by atoms with van der Waals surface area (Å²) in [6, 6.07) is 22.4.